The van der Waals surface area contributed by atoms with Gasteiger partial charge in [-0.05, 0) is 61.4 Å². The van der Waals surface area contributed by atoms with Crippen LogP contribution in [0.3, 0.4) is 0 Å². The number of aryl methyl sites for hydroxylation is 2. The van der Waals surface area contributed by atoms with Gasteiger partial charge in [0.2, 0.25) is 0 Å². The first-order valence-corrected chi connectivity index (χ1v) is 19.9. The molecular formula is C38H12F14N2S5. The van der Waals surface area contributed by atoms with Crippen LogP contribution in [0.4, 0.5) is 61.5 Å². The van der Waals surface area contributed by atoms with Crippen LogP contribution in [0.25, 0.3) is 61.6 Å². The van der Waals surface area contributed by atoms with Gasteiger partial charge in [-0.25, -0.2) is 35.1 Å². The molecule has 0 saturated carbocycles. The van der Waals surface area contributed by atoms with Crippen LogP contribution >= 0.6 is 56.7 Å². The number of hydrogen-bond donors (Lipinski definition) is 0. The minimum absolute atomic E-state index is 0.174. The van der Waals surface area contributed by atoms with Crippen LogP contribution in [0.5, 0.6) is 0 Å². The number of nitrogens with zero attached hydrogens (tertiary/aromatic N) is 2. The molecule has 0 aliphatic carbocycles. The summed E-state index contributed by atoms with van der Waals surface area (Å²) in [6.07, 6.45) is -9.74. The second-order valence-electron chi connectivity index (χ2n) is 12.3. The Morgan fingerprint density at radius 3 is 1.08 bits per heavy atom. The lowest BCUT2D eigenvalue weighted by atomic mass is 10.0. The van der Waals surface area contributed by atoms with Crippen molar-refractivity contribution < 1.29 is 61.5 Å². The van der Waals surface area contributed by atoms with E-state index in [0.29, 0.717) is 9.75 Å². The van der Waals surface area contributed by atoms with Crippen molar-refractivity contribution in [3.8, 4) is 31.6 Å². The van der Waals surface area contributed by atoms with Crippen LogP contribution in [0.1, 0.15) is 43.1 Å². The van der Waals surface area contributed by atoms with Gasteiger partial charge in [0, 0.05) is 29.3 Å². The maximum atomic E-state index is 14.7. The van der Waals surface area contributed by atoms with Gasteiger partial charge in [-0.1, -0.05) is 0 Å². The summed E-state index contributed by atoms with van der Waals surface area (Å²) >= 11 is 6.24. The molecule has 0 unspecified atom stereocenters. The monoisotopic (exact) mass is 922 g/mol. The van der Waals surface area contributed by atoms with Crippen molar-refractivity contribution in [3.05, 3.63) is 114 Å². The van der Waals surface area contributed by atoms with Crippen molar-refractivity contribution >= 4 is 98.8 Å². The van der Waals surface area contributed by atoms with Gasteiger partial charge < -0.3 is 0 Å². The molecule has 2 aromatic carbocycles. The number of alkyl halides is 6. The summed E-state index contributed by atoms with van der Waals surface area (Å²) in [7, 11) is 0. The smallest absolute Gasteiger partial charge is 0.203 e. The Balaban J connectivity index is 1.22. The summed E-state index contributed by atoms with van der Waals surface area (Å²) < 4.78 is 198. The Bertz CT molecular complexity index is 2800. The molecule has 21 heteroatoms. The lowest BCUT2D eigenvalue weighted by Gasteiger charge is -2.13. The van der Waals surface area contributed by atoms with Crippen LogP contribution in [-0.4, -0.2) is 0 Å². The van der Waals surface area contributed by atoms with E-state index in [4.69, 9.17) is 0 Å². The van der Waals surface area contributed by atoms with E-state index in [1.165, 1.54) is 58.3 Å². The zero-order valence-electron chi connectivity index (χ0n) is 28.7. The highest BCUT2D eigenvalue weighted by molar-refractivity contribution is 7.41. The van der Waals surface area contributed by atoms with Crippen molar-refractivity contribution in [1.82, 2.24) is 0 Å². The van der Waals surface area contributed by atoms with E-state index in [1.54, 1.807) is 12.1 Å². The Labute approximate surface area is 341 Å². The number of benzene rings is 2. The fraction of sp³-hybridized carbons (Fsp3) is 0.105. The Morgan fingerprint density at radius 1 is 0.475 bits per heavy atom. The molecule has 0 aliphatic rings. The molecule has 7 rings (SSSR count). The van der Waals surface area contributed by atoms with Crippen molar-refractivity contribution in [2.24, 2.45) is 0 Å². The molecule has 2 nitrogen and oxygen atoms in total. The molecule has 7 aromatic rings. The largest absolute Gasteiger partial charge is 0.422 e. The van der Waals surface area contributed by atoms with Crippen molar-refractivity contribution in [3.63, 3.8) is 0 Å². The minimum Gasteiger partial charge on any atom is -0.203 e. The molecule has 0 amide bonds. The van der Waals surface area contributed by atoms with Crippen LogP contribution in [0, 0.1) is 83.0 Å². The van der Waals surface area contributed by atoms with Gasteiger partial charge in [0.15, 0.2) is 46.5 Å². The van der Waals surface area contributed by atoms with E-state index in [-0.39, 0.29) is 9.75 Å². The van der Waals surface area contributed by atoms with Gasteiger partial charge in [-0.2, -0.15) is 36.9 Å². The molecule has 0 atom stereocenters. The summed E-state index contributed by atoms with van der Waals surface area (Å²) in [5.41, 5.74) is -8.99. The SMILES string of the molecule is Cc1c(-c2ccc(/C=C(\C#N)c3c(F)c(F)c(C(F)(F)F)c(F)c3F)s2)sc2c1sc1c(C)c(-c3ccc(/C=C(\C#N)c4c(F)c(F)c(C(F)(F)F)c(F)c4F)s3)sc12. The molecule has 0 fully saturated rings. The number of nitriles is 2. The quantitative estimate of drug-likeness (QED) is 0.0948. The molecule has 0 radical (unpaired) electrons. The Morgan fingerprint density at radius 2 is 0.797 bits per heavy atom. The van der Waals surface area contributed by atoms with E-state index in [0.717, 1.165) is 74.5 Å². The highest BCUT2D eigenvalue weighted by Crippen LogP contribution is 2.54. The summed E-state index contributed by atoms with van der Waals surface area (Å²) in [6.45, 7) is 3.67. The molecule has 59 heavy (non-hydrogen) atoms. The van der Waals surface area contributed by atoms with Gasteiger partial charge in [0.25, 0.3) is 0 Å². The fourth-order valence-electron chi connectivity index (χ4n) is 6.06. The average molecular weight is 923 g/mol. The molecule has 0 saturated heterocycles. The fourth-order valence-corrected chi connectivity index (χ4v) is 12.7. The topological polar surface area (TPSA) is 47.6 Å². The van der Waals surface area contributed by atoms with E-state index in [9.17, 15) is 72.0 Å². The van der Waals surface area contributed by atoms with E-state index >= 15 is 0 Å². The summed E-state index contributed by atoms with van der Waals surface area (Å²) in [5, 5.41) is 19.2. The number of allylic oxidation sites excluding steroid dienone is 2. The number of thiophene rings is 5. The predicted molar refractivity (Wildman–Crippen MR) is 201 cm³/mol. The van der Waals surface area contributed by atoms with Gasteiger partial charge in [0.05, 0.1) is 41.1 Å². The molecular weight excluding hydrogens is 911 g/mol. The maximum Gasteiger partial charge on any atom is 0.422 e. The second kappa shape index (κ2) is 14.9. The highest BCUT2D eigenvalue weighted by Gasteiger charge is 2.44. The summed E-state index contributed by atoms with van der Waals surface area (Å²) in [5.74, 6) is -20.3. The lowest BCUT2D eigenvalue weighted by Crippen LogP contribution is -2.16. The number of fused-ring (bicyclic) bond motifs is 3. The highest BCUT2D eigenvalue weighted by atomic mass is 32.1. The summed E-state index contributed by atoms with van der Waals surface area (Å²) in [6, 6.07) is 8.87. The van der Waals surface area contributed by atoms with Crippen molar-refractivity contribution in [2.75, 3.05) is 0 Å². The summed E-state index contributed by atoms with van der Waals surface area (Å²) in [4.78, 5) is 3.05. The van der Waals surface area contributed by atoms with Crippen molar-refractivity contribution in [1.29, 1.82) is 10.5 Å². The minimum atomic E-state index is -5.76. The van der Waals surface area contributed by atoms with E-state index in [1.807, 2.05) is 13.8 Å². The van der Waals surface area contributed by atoms with Crippen LogP contribution in [-0.2, 0) is 12.4 Å². The first-order valence-electron chi connectivity index (χ1n) is 15.9. The van der Waals surface area contributed by atoms with Gasteiger partial charge in [-0.15, -0.1) is 56.7 Å². The predicted octanol–water partition coefficient (Wildman–Crippen LogP) is 15.5. The second-order valence-corrected chi connectivity index (χ2v) is 17.6. The molecule has 5 heterocycles. The normalized spacial score (nSPS) is 12.9. The number of halogens is 14. The van der Waals surface area contributed by atoms with Gasteiger partial charge in [0.1, 0.15) is 23.3 Å². The third kappa shape index (κ3) is 6.92. The van der Waals surface area contributed by atoms with Gasteiger partial charge in [-0.3, -0.25) is 0 Å². The molecule has 5 aromatic heterocycles. The van der Waals surface area contributed by atoms with Crippen LogP contribution < -0.4 is 0 Å². The van der Waals surface area contributed by atoms with E-state index in [2.05, 4.69) is 0 Å². The van der Waals surface area contributed by atoms with E-state index < -0.39 is 92.3 Å². The molecule has 0 spiro atoms. The van der Waals surface area contributed by atoms with Crippen molar-refractivity contribution in [2.45, 2.75) is 26.2 Å². The Hall–Kier alpha value is -5.06. The maximum absolute atomic E-state index is 14.7. The zero-order valence-corrected chi connectivity index (χ0v) is 32.8. The third-order valence-electron chi connectivity index (χ3n) is 8.74. The lowest BCUT2D eigenvalue weighted by molar-refractivity contribution is -0.144. The first-order chi connectivity index (χ1) is 27.6. The zero-order chi connectivity index (χ0) is 43.2. The standard InChI is InChI=1S/C38H12F14N2S5/c1-11-31(17-5-3-15(55-17)7-13(9-53)19-23(39)27(43)21(37(47,48)49)28(44)24(19)40)57-35-33(11)59-34-12(2)32(58-36(34)35)18-6-4-16(56-18)8-14(10-54)20-25(41)29(45)22(38(50,51)52)30(46)26(20)42/h3-8H,1-2H3/b13-7+,14-8+. The third-order valence-corrected chi connectivity index (χ3v) is 15.6. The van der Waals surface area contributed by atoms with Crippen LogP contribution in [0.15, 0.2) is 24.3 Å². The molecule has 302 valence electrons. The van der Waals surface area contributed by atoms with Gasteiger partial charge >= 0.3 is 12.4 Å². The van der Waals surface area contributed by atoms with Crippen LogP contribution in [0.2, 0.25) is 0 Å². The Kier molecular flexibility index (Phi) is 10.6. The number of rotatable bonds is 6. The first kappa shape index (κ1) is 42.1. The average Bonchev–Trinajstić information content (AvgIpc) is 3.99. The number of hydrogen-bond acceptors (Lipinski definition) is 7. The molecule has 0 bridgehead atoms. The molecule has 0 aliphatic heterocycles. The molecule has 0 N–H and O–H groups in total.